The van der Waals surface area contributed by atoms with Gasteiger partial charge in [0.15, 0.2) is 35.1 Å². The SMILES string of the molecule is O=C(CC1(c2ccccc2)Oc2ccccc2C(=O)C1O)OC1C(=O)c2c(O)cc(O)cc2OC1c1ccc(O)c(O)c1. The Balaban J connectivity index is 1.40. The van der Waals surface area contributed by atoms with Gasteiger partial charge in [0.1, 0.15) is 28.6 Å². The standard InChI is InChI=1S/C32H24O11/c33-18-13-22(36)26-24(14-18)41-29(16-10-11-20(34)21(35)12-16)30(28(26)39)42-25(37)15-32(17-6-2-1-3-7-17)31(40)27(38)19-8-4-5-9-23(19)43-32/h1-14,29-31,33-36,40H,15H2. The van der Waals surface area contributed by atoms with E-state index in [0.29, 0.717) is 5.56 Å². The molecule has 0 aliphatic carbocycles. The van der Waals surface area contributed by atoms with Crippen molar-refractivity contribution in [3.8, 4) is 34.5 Å². The van der Waals surface area contributed by atoms with Gasteiger partial charge in [-0.05, 0) is 29.8 Å². The van der Waals surface area contributed by atoms with Crippen LogP contribution in [0.1, 0.15) is 44.4 Å². The molecule has 43 heavy (non-hydrogen) atoms. The third-order valence-corrected chi connectivity index (χ3v) is 7.49. The first-order valence-electron chi connectivity index (χ1n) is 13.1. The van der Waals surface area contributed by atoms with Crippen molar-refractivity contribution in [3.63, 3.8) is 0 Å². The van der Waals surface area contributed by atoms with Crippen LogP contribution in [0.25, 0.3) is 0 Å². The zero-order valence-corrected chi connectivity index (χ0v) is 22.2. The molecule has 0 aromatic heterocycles. The summed E-state index contributed by atoms with van der Waals surface area (Å²) in [5, 5.41) is 51.6. The summed E-state index contributed by atoms with van der Waals surface area (Å²) in [5.74, 6) is -4.70. The van der Waals surface area contributed by atoms with Gasteiger partial charge in [0.25, 0.3) is 0 Å². The lowest BCUT2D eigenvalue weighted by molar-refractivity contribution is -0.160. The molecule has 0 amide bonds. The van der Waals surface area contributed by atoms with E-state index in [1.54, 1.807) is 42.5 Å². The monoisotopic (exact) mass is 584 g/mol. The maximum absolute atomic E-state index is 13.7. The molecule has 0 fully saturated rings. The fraction of sp³-hybridized carbons (Fsp3) is 0.156. The minimum atomic E-state index is -1.93. The second kappa shape index (κ2) is 10.4. The molecule has 0 saturated heterocycles. The number of rotatable bonds is 5. The summed E-state index contributed by atoms with van der Waals surface area (Å²) in [5.41, 5.74) is -1.74. The molecule has 218 valence electrons. The van der Waals surface area contributed by atoms with E-state index >= 15 is 0 Å². The Hall–Kier alpha value is -5.55. The van der Waals surface area contributed by atoms with E-state index in [9.17, 15) is 39.9 Å². The lowest BCUT2D eigenvalue weighted by Crippen LogP contribution is -2.54. The number of Topliss-reactive ketones (excluding diaryl/α,β-unsaturated/α-hetero) is 2. The maximum atomic E-state index is 13.7. The zero-order chi connectivity index (χ0) is 30.5. The smallest absolute Gasteiger partial charge is 0.311 e. The molecule has 4 aromatic carbocycles. The molecule has 5 N–H and O–H groups in total. The van der Waals surface area contributed by atoms with E-state index in [1.165, 1.54) is 18.2 Å². The van der Waals surface area contributed by atoms with Gasteiger partial charge in [-0.2, -0.15) is 0 Å². The van der Waals surface area contributed by atoms with Crippen molar-refractivity contribution < 1.29 is 54.1 Å². The van der Waals surface area contributed by atoms with Gasteiger partial charge in [0.2, 0.25) is 11.9 Å². The molecule has 11 heteroatoms. The Morgan fingerprint density at radius 3 is 2.26 bits per heavy atom. The Labute approximate surface area is 243 Å². The molecule has 4 atom stereocenters. The number of esters is 1. The number of aromatic hydroxyl groups is 4. The molecule has 4 aromatic rings. The topological polar surface area (TPSA) is 180 Å². The number of carbonyl (C=O) groups is 3. The molecule has 0 spiro atoms. The Kier molecular flexibility index (Phi) is 6.66. The normalized spacial score (nSPS) is 22.5. The molecular formula is C32H24O11. The number of hydrogen-bond donors (Lipinski definition) is 5. The Morgan fingerprint density at radius 1 is 0.791 bits per heavy atom. The first-order chi connectivity index (χ1) is 20.6. The van der Waals surface area contributed by atoms with E-state index in [2.05, 4.69) is 0 Å². The van der Waals surface area contributed by atoms with Gasteiger partial charge in [-0.1, -0.05) is 48.5 Å². The number of para-hydroxylation sites is 1. The fourth-order valence-corrected chi connectivity index (χ4v) is 5.42. The highest BCUT2D eigenvalue weighted by Gasteiger charge is 2.53. The largest absolute Gasteiger partial charge is 0.508 e. The number of hydrogen-bond acceptors (Lipinski definition) is 11. The average molecular weight is 585 g/mol. The van der Waals surface area contributed by atoms with Crippen LogP contribution in [0.4, 0.5) is 0 Å². The molecular weight excluding hydrogens is 560 g/mol. The molecule has 0 saturated carbocycles. The van der Waals surface area contributed by atoms with Crippen molar-refractivity contribution in [3.05, 3.63) is 107 Å². The van der Waals surface area contributed by atoms with E-state index < -0.39 is 70.9 Å². The van der Waals surface area contributed by atoms with Gasteiger partial charge in [-0.25, -0.2) is 0 Å². The van der Waals surface area contributed by atoms with Crippen LogP contribution in [-0.4, -0.2) is 55.3 Å². The number of aliphatic hydroxyl groups excluding tert-OH is 1. The number of aliphatic hydroxyl groups is 1. The molecule has 2 aliphatic heterocycles. The quantitative estimate of drug-likeness (QED) is 0.171. The molecule has 11 nitrogen and oxygen atoms in total. The van der Waals surface area contributed by atoms with Crippen molar-refractivity contribution in [1.29, 1.82) is 0 Å². The van der Waals surface area contributed by atoms with Gasteiger partial charge in [0.05, 0.1) is 12.0 Å². The second-order valence-electron chi connectivity index (χ2n) is 10.2. The van der Waals surface area contributed by atoms with Crippen LogP contribution in [-0.2, 0) is 15.1 Å². The van der Waals surface area contributed by atoms with E-state index in [0.717, 1.165) is 24.3 Å². The van der Waals surface area contributed by atoms with Crippen LogP contribution in [0, 0.1) is 0 Å². The van der Waals surface area contributed by atoms with Crippen molar-refractivity contribution in [2.75, 3.05) is 0 Å². The number of phenolic OH excluding ortho intramolecular Hbond substituents is 4. The van der Waals surface area contributed by atoms with Crippen molar-refractivity contribution in [1.82, 2.24) is 0 Å². The van der Waals surface area contributed by atoms with Gasteiger partial charge in [-0.15, -0.1) is 0 Å². The highest BCUT2D eigenvalue weighted by Crippen LogP contribution is 2.46. The van der Waals surface area contributed by atoms with Crippen LogP contribution in [0.3, 0.4) is 0 Å². The predicted molar refractivity (Wildman–Crippen MR) is 147 cm³/mol. The van der Waals surface area contributed by atoms with Crippen molar-refractivity contribution in [2.45, 2.75) is 30.3 Å². The lowest BCUT2D eigenvalue weighted by Gasteiger charge is -2.41. The van der Waals surface area contributed by atoms with E-state index in [4.69, 9.17) is 14.2 Å². The number of ether oxygens (including phenoxy) is 3. The predicted octanol–water partition coefficient (Wildman–Crippen LogP) is 3.66. The highest BCUT2D eigenvalue weighted by molar-refractivity contribution is 6.07. The summed E-state index contributed by atoms with van der Waals surface area (Å²) in [6.07, 6.45) is -5.68. The first kappa shape index (κ1) is 27.6. The minimum Gasteiger partial charge on any atom is -0.508 e. The van der Waals surface area contributed by atoms with Crippen LogP contribution in [0.5, 0.6) is 34.5 Å². The van der Waals surface area contributed by atoms with Crippen molar-refractivity contribution in [2.24, 2.45) is 0 Å². The van der Waals surface area contributed by atoms with Crippen molar-refractivity contribution >= 4 is 17.5 Å². The molecule has 0 bridgehead atoms. The number of benzene rings is 4. The lowest BCUT2D eigenvalue weighted by atomic mass is 9.79. The van der Waals surface area contributed by atoms with Crippen LogP contribution in [0.2, 0.25) is 0 Å². The number of carbonyl (C=O) groups excluding carboxylic acids is 3. The maximum Gasteiger partial charge on any atom is 0.311 e. The second-order valence-corrected chi connectivity index (χ2v) is 10.2. The summed E-state index contributed by atoms with van der Waals surface area (Å²) >= 11 is 0. The van der Waals surface area contributed by atoms with Gasteiger partial charge < -0.3 is 39.7 Å². The van der Waals surface area contributed by atoms with Gasteiger partial charge >= 0.3 is 5.97 Å². The van der Waals surface area contributed by atoms with E-state index in [-0.39, 0.29) is 28.2 Å². The molecule has 2 heterocycles. The van der Waals surface area contributed by atoms with Gasteiger partial charge in [-0.3, -0.25) is 14.4 Å². The Morgan fingerprint density at radius 2 is 1.51 bits per heavy atom. The van der Waals surface area contributed by atoms with Crippen LogP contribution >= 0.6 is 0 Å². The number of phenols is 4. The summed E-state index contributed by atoms with van der Waals surface area (Å²) in [4.78, 5) is 40.7. The average Bonchev–Trinajstić information content (AvgIpc) is 2.98. The van der Waals surface area contributed by atoms with Gasteiger partial charge in [0, 0.05) is 17.7 Å². The molecule has 4 unspecified atom stereocenters. The zero-order valence-electron chi connectivity index (χ0n) is 22.2. The first-order valence-corrected chi connectivity index (χ1v) is 13.1. The summed E-state index contributed by atoms with van der Waals surface area (Å²) < 4.78 is 17.8. The van der Waals surface area contributed by atoms with Crippen LogP contribution < -0.4 is 9.47 Å². The Bertz CT molecular complexity index is 1770. The molecule has 0 radical (unpaired) electrons. The highest BCUT2D eigenvalue weighted by atomic mass is 16.6. The molecule has 6 rings (SSSR count). The fourth-order valence-electron chi connectivity index (χ4n) is 5.42. The van der Waals surface area contributed by atoms with E-state index in [1.807, 2.05) is 0 Å². The number of fused-ring (bicyclic) bond motifs is 2. The molecule has 2 aliphatic rings. The summed E-state index contributed by atoms with van der Waals surface area (Å²) in [6.45, 7) is 0. The third-order valence-electron chi connectivity index (χ3n) is 7.49. The number of ketones is 2. The summed E-state index contributed by atoms with van der Waals surface area (Å²) in [7, 11) is 0. The third kappa shape index (κ3) is 4.65. The van der Waals surface area contributed by atoms with Crippen LogP contribution in [0.15, 0.2) is 84.9 Å². The summed E-state index contributed by atoms with van der Waals surface area (Å²) in [6, 6.07) is 20.0. The minimum absolute atomic E-state index is 0.116.